The second-order valence-electron chi connectivity index (χ2n) is 2.32. The maximum atomic E-state index is 10.5. The molecule has 0 saturated carbocycles. The zero-order chi connectivity index (χ0) is 7.98. The third-order valence-corrected chi connectivity index (χ3v) is 1.02. The molecule has 0 aromatic rings. The predicted octanol–water partition coefficient (Wildman–Crippen LogP) is 1.91. The fraction of sp³-hybridized carbons (Fsp3) is 0.625. The van der Waals surface area contributed by atoms with Crippen LogP contribution in [0.2, 0.25) is 0 Å². The zero-order valence-corrected chi connectivity index (χ0v) is 6.81. The number of allylic oxidation sites excluding steroid dienone is 1. The Balaban J connectivity index is 3.37. The number of esters is 1. The molecular formula is C8H14O2. The van der Waals surface area contributed by atoms with Gasteiger partial charge in [-0.1, -0.05) is 12.5 Å². The summed E-state index contributed by atoms with van der Waals surface area (Å²) < 4.78 is 4.79. The Bertz CT molecular complexity index is 132. The molecule has 0 amide bonds. The van der Waals surface area contributed by atoms with E-state index in [2.05, 4.69) is 0 Å². The Morgan fingerprint density at radius 3 is 2.50 bits per heavy atom. The van der Waals surface area contributed by atoms with Gasteiger partial charge >= 0.3 is 5.97 Å². The number of hydrogen-bond donors (Lipinski definition) is 0. The third kappa shape index (κ3) is 5.35. The van der Waals surface area contributed by atoms with E-state index in [-0.39, 0.29) is 5.97 Å². The molecule has 0 rings (SSSR count). The molecule has 2 nitrogen and oxygen atoms in total. The predicted molar refractivity (Wildman–Crippen MR) is 40.7 cm³/mol. The zero-order valence-electron chi connectivity index (χ0n) is 6.81. The van der Waals surface area contributed by atoms with Crippen LogP contribution < -0.4 is 0 Å². The Hall–Kier alpha value is -0.790. The molecule has 0 aliphatic carbocycles. The van der Waals surface area contributed by atoms with Crippen molar-refractivity contribution in [2.24, 2.45) is 0 Å². The summed E-state index contributed by atoms with van der Waals surface area (Å²) in [6, 6.07) is 0. The second-order valence-corrected chi connectivity index (χ2v) is 2.32. The molecule has 0 aromatic heterocycles. The van der Waals surface area contributed by atoms with Crippen LogP contribution in [0, 0.1) is 0 Å². The molecule has 0 aliphatic heterocycles. The van der Waals surface area contributed by atoms with Crippen molar-refractivity contribution in [2.45, 2.75) is 27.2 Å². The van der Waals surface area contributed by atoms with Crippen LogP contribution in [0.15, 0.2) is 11.6 Å². The minimum atomic E-state index is -0.141. The van der Waals surface area contributed by atoms with Gasteiger partial charge in [-0.3, -0.25) is 4.79 Å². The van der Waals surface area contributed by atoms with Gasteiger partial charge in [0.2, 0.25) is 0 Å². The van der Waals surface area contributed by atoms with Gasteiger partial charge in [0.25, 0.3) is 0 Å². The molecular weight excluding hydrogens is 128 g/mol. The van der Waals surface area contributed by atoms with Crippen LogP contribution in [0.4, 0.5) is 0 Å². The molecule has 0 N–H and O–H groups in total. The lowest BCUT2D eigenvalue weighted by Gasteiger charge is -1.97. The standard InChI is InChI=1S/C8H14O2/c1-4-8(9)10-6-5-7(2)3/h5H,4,6H2,1-3H3. The first-order chi connectivity index (χ1) is 4.66. The number of rotatable bonds is 3. The van der Waals surface area contributed by atoms with Crippen LogP contribution in [0.3, 0.4) is 0 Å². The summed E-state index contributed by atoms with van der Waals surface area (Å²) in [6.45, 7) is 6.14. The van der Waals surface area contributed by atoms with Gasteiger partial charge < -0.3 is 4.74 Å². The van der Waals surface area contributed by atoms with E-state index < -0.39 is 0 Å². The van der Waals surface area contributed by atoms with Crippen molar-refractivity contribution >= 4 is 5.97 Å². The molecule has 0 aliphatic rings. The molecule has 0 radical (unpaired) electrons. The molecule has 58 valence electrons. The van der Waals surface area contributed by atoms with E-state index in [1.807, 2.05) is 19.9 Å². The van der Waals surface area contributed by atoms with E-state index in [1.54, 1.807) is 6.92 Å². The summed E-state index contributed by atoms with van der Waals surface area (Å²) in [7, 11) is 0. The third-order valence-electron chi connectivity index (χ3n) is 1.02. The lowest BCUT2D eigenvalue weighted by molar-refractivity contribution is -0.141. The van der Waals surface area contributed by atoms with Gasteiger partial charge in [-0.15, -0.1) is 0 Å². The van der Waals surface area contributed by atoms with E-state index in [0.29, 0.717) is 13.0 Å². The van der Waals surface area contributed by atoms with E-state index in [9.17, 15) is 4.79 Å². The minimum Gasteiger partial charge on any atom is -0.461 e. The number of ether oxygens (including phenoxy) is 1. The van der Waals surface area contributed by atoms with Gasteiger partial charge in [-0.25, -0.2) is 0 Å². The molecule has 0 spiro atoms. The van der Waals surface area contributed by atoms with Crippen molar-refractivity contribution in [3.05, 3.63) is 11.6 Å². The first kappa shape index (κ1) is 9.21. The average molecular weight is 142 g/mol. The maximum Gasteiger partial charge on any atom is 0.305 e. The molecule has 2 heteroatoms. The second kappa shape index (κ2) is 5.03. The molecule has 0 atom stereocenters. The molecule has 0 aromatic carbocycles. The summed E-state index contributed by atoms with van der Waals surface area (Å²) in [6.07, 6.45) is 2.34. The van der Waals surface area contributed by atoms with Gasteiger partial charge in [0.1, 0.15) is 6.61 Å². The lowest BCUT2D eigenvalue weighted by atomic mass is 10.3. The normalized spacial score (nSPS) is 8.70. The number of hydrogen-bond acceptors (Lipinski definition) is 2. The highest BCUT2D eigenvalue weighted by molar-refractivity contribution is 5.68. The molecule has 10 heavy (non-hydrogen) atoms. The van der Waals surface area contributed by atoms with Gasteiger partial charge in [-0.2, -0.15) is 0 Å². The Kier molecular flexibility index (Phi) is 4.63. The highest BCUT2D eigenvalue weighted by Gasteiger charge is 1.93. The summed E-state index contributed by atoms with van der Waals surface area (Å²) >= 11 is 0. The van der Waals surface area contributed by atoms with Crippen molar-refractivity contribution in [2.75, 3.05) is 6.61 Å². The van der Waals surface area contributed by atoms with E-state index >= 15 is 0 Å². The van der Waals surface area contributed by atoms with Crippen LogP contribution >= 0.6 is 0 Å². The van der Waals surface area contributed by atoms with Gasteiger partial charge in [0, 0.05) is 6.42 Å². The Morgan fingerprint density at radius 1 is 1.50 bits per heavy atom. The minimum absolute atomic E-state index is 0.141. The summed E-state index contributed by atoms with van der Waals surface area (Å²) in [5, 5.41) is 0. The van der Waals surface area contributed by atoms with Crippen LogP contribution in [0.25, 0.3) is 0 Å². The Morgan fingerprint density at radius 2 is 2.10 bits per heavy atom. The maximum absolute atomic E-state index is 10.5. The van der Waals surface area contributed by atoms with Crippen molar-refractivity contribution in [1.82, 2.24) is 0 Å². The van der Waals surface area contributed by atoms with E-state index in [0.717, 1.165) is 0 Å². The molecule has 0 unspecified atom stereocenters. The summed E-state index contributed by atoms with van der Waals surface area (Å²) in [4.78, 5) is 10.5. The van der Waals surface area contributed by atoms with Crippen molar-refractivity contribution in [1.29, 1.82) is 0 Å². The smallest absolute Gasteiger partial charge is 0.305 e. The van der Waals surface area contributed by atoms with E-state index in [4.69, 9.17) is 4.74 Å². The molecule has 0 saturated heterocycles. The van der Waals surface area contributed by atoms with Gasteiger partial charge in [0.15, 0.2) is 0 Å². The van der Waals surface area contributed by atoms with Crippen LogP contribution in [0.5, 0.6) is 0 Å². The number of carbonyl (C=O) groups excluding carboxylic acids is 1. The molecule has 0 bridgehead atoms. The van der Waals surface area contributed by atoms with E-state index in [1.165, 1.54) is 5.57 Å². The SMILES string of the molecule is CCC(=O)OCC=C(C)C. The van der Waals surface area contributed by atoms with Crippen LogP contribution in [0.1, 0.15) is 27.2 Å². The summed E-state index contributed by atoms with van der Waals surface area (Å²) in [5.74, 6) is -0.141. The molecule has 0 heterocycles. The summed E-state index contributed by atoms with van der Waals surface area (Å²) in [5.41, 5.74) is 1.17. The fourth-order valence-electron chi connectivity index (χ4n) is 0.403. The van der Waals surface area contributed by atoms with Crippen molar-refractivity contribution < 1.29 is 9.53 Å². The fourth-order valence-corrected chi connectivity index (χ4v) is 0.403. The highest BCUT2D eigenvalue weighted by atomic mass is 16.5. The van der Waals surface area contributed by atoms with Crippen molar-refractivity contribution in [3.63, 3.8) is 0 Å². The topological polar surface area (TPSA) is 26.3 Å². The monoisotopic (exact) mass is 142 g/mol. The first-order valence-corrected chi connectivity index (χ1v) is 3.45. The Labute approximate surface area is 61.9 Å². The van der Waals surface area contributed by atoms with Gasteiger partial charge in [0.05, 0.1) is 0 Å². The largest absolute Gasteiger partial charge is 0.461 e. The number of carbonyl (C=O) groups is 1. The van der Waals surface area contributed by atoms with Crippen LogP contribution in [-0.2, 0) is 9.53 Å². The molecule has 0 fully saturated rings. The lowest BCUT2D eigenvalue weighted by Crippen LogP contribution is -2.01. The highest BCUT2D eigenvalue weighted by Crippen LogP contribution is 1.90. The van der Waals surface area contributed by atoms with Gasteiger partial charge in [-0.05, 0) is 19.9 Å². The first-order valence-electron chi connectivity index (χ1n) is 3.45. The van der Waals surface area contributed by atoms with Crippen molar-refractivity contribution in [3.8, 4) is 0 Å². The average Bonchev–Trinajstić information content (AvgIpc) is 1.87. The van der Waals surface area contributed by atoms with Crippen LogP contribution in [-0.4, -0.2) is 12.6 Å². The quantitative estimate of drug-likeness (QED) is 0.444.